The fourth-order valence-corrected chi connectivity index (χ4v) is 4.30. The molecule has 4 rings (SSSR count). The minimum absolute atomic E-state index is 0.00374. The fraction of sp³-hybridized carbons (Fsp3) is 0.192. The van der Waals surface area contributed by atoms with Crippen LogP contribution in [-0.2, 0) is 22.4 Å². The first-order valence-corrected chi connectivity index (χ1v) is 11.5. The molecule has 0 saturated heterocycles. The average molecular weight is 444 g/mol. The molecule has 0 bridgehead atoms. The molecule has 0 atom stereocenters. The Bertz CT molecular complexity index is 1230. The zero-order chi connectivity index (χ0) is 22.3. The second-order valence-corrected chi connectivity index (χ2v) is 8.59. The minimum Gasteiger partial charge on any atom is -0.356 e. The Hall–Kier alpha value is -3.51. The highest BCUT2D eigenvalue weighted by Gasteiger charge is 2.10. The van der Waals surface area contributed by atoms with Crippen LogP contribution in [0.4, 0.5) is 5.13 Å². The van der Waals surface area contributed by atoms with Gasteiger partial charge in [0.1, 0.15) is 0 Å². The number of amides is 2. The summed E-state index contributed by atoms with van der Waals surface area (Å²) >= 11 is 1.43. The molecule has 2 amide bonds. The molecule has 4 aromatic rings. The number of anilines is 1. The van der Waals surface area contributed by atoms with Crippen LogP contribution in [0.2, 0.25) is 0 Å². The number of benzene rings is 3. The van der Waals surface area contributed by atoms with Gasteiger partial charge in [-0.3, -0.25) is 9.59 Å². The van der Waals surface area contributed by atoms with Crippen molar-refractivity contribution in [3.63, 3.8) is 0 Å². The predicted molar refractivity (Wildman–Crippen MR) is 131 cm³/mol. The fourth-order valence-electron chi connectivity index (χ4n) is 3.56. The Morgan fingerprint density at radius 3 is 2.47 bits per heavy atom. The smallest absolute Gasteiger partial charge is 0.230 e. The van der Waals surface area contributed by atoms with Crippen molar-refractivity contribution in [3.05, 3.63) is 83.2 Å². The van der Waals surface area contributed by atoms with E-state index in [1.807, 2.05) is 41.8 Å². The van der Waals surface area contributed by atoms with E-state index in [1.165, 1.54) is 29.2 Å². The molecule has 0 aliphatic heterocycles. The summed E-state index contributed by atoms with van der Waals surface area (Å²) in [6.45, 7) is 2.22. The van der Waals surface area contributed by atoms with Gasteiger partial charge in [0, 0.05) is 24.4 Å². The van der Waals surface area contributed by atoms with Crippen LogP contribution in [0.5, 0.6) is 0 Å². The van der Waals surface area contributed by atoms with E-state index in [4.69, 9.17) is 0 Å². The number of carbonyl (C=O) groups excluding carboxylic acids is 2. The molecule has 0 aliphatic carbocycles. The SMILES string of the molecule is CC(=O)NCCCc1ccc(-c2csc(NC(=O)Cc3ccc4ccccc4c3)n2)cc1. The van der Waals surface area contributed by atoms with Gasteiger partial charge in [-0.2, -0.15) is 0 Å². The largest absolute Gasteiger partial charge is 0.356 e. The summed E-state index contributed by atoms with van der Waals surface area (Å²) in [4.78, 5) is 28.0. The second-order valence-electron chi connectivity index (χ2n) is 7.73. The van der Waals surface area contributed by atoms with E-state index in [2.05, 4.69) is 45.9 Å². The molecular weight excluding hydrogens is 418 g/mol. The molecule has 1 aromatic heterocycles. The standard InChI is InChI=1S/C26H25N3O2S/c1-18(30)27-14-4-5-19-8-12-22(13-9-19)24-17-32-26(28-24)29-25(31)16-20-10-11-21-6-2-3-7-23(21)15-20/h2-3,6-13,15,17H,4-5,14,16H2,1H3,(H,27,30)(H,28,29,31). The maximum atomic E-state index is 12.5. The molecule has 0 fully saturated rings. The van der Waals surface area contributed by atoms with Crippen molar-refractivity contribution < 1.29 is 9.59 Å². The summed E-state index contributed by atoms with van der Waals surface area (Å²) in [7, 11) is 0. The quantitative estimate of drug-likeness (QED) is 0.367. The highest BCUT2D eigenvalue weighted by atomic mass is 32.1. The van der Waals surface area contributed by atoms with Gasteiger partial charge in [0.15, 0.2) is 5.13 Å². The second kappa shape index (κ2) is 10.2. The average Bonchev–Trinajstić information content (AvgIpc) is 3.25. The van der Waals surface area contributed by atoms with Crippen LogP contribution in [0.1, 0.15) is 24.5 Å². The third-order valence-electron chi connectivity index (χ3n) is 5.19. The summed E-state index contributed by atoms with van der Waals surface area (Å²) in [6, 6.07) is 22.5. The van der Waals surface area contributed by atoms with Gasteiger partial charge in [0.05, 0.1) is 12.1 Å². The molecule has 6 heteroatoms. The molecular formula is C26H25N3O2S. The molecule has 0 saturated carbocycles. The lowest BCUT2D eigenvalue weighted by molar-refractivity contribution is -0.119. The zero-order valence-electron chi connectivity index (χ0n) is 17.9. The van der Waals surface area contributed by atoms with Crippen LogP contribution in [0.15, 0.2) is 72.1 Å². The zero-order valence-corrected chi connectivity index (χ0v) is 18.7. The first-order valence-electron chi connectivity index (χ1n) is 10.6. The summed E-state index contributed by atoms with van der Waals surface area (Å²) in [5.41, 5.74) is 4.06. The maximum absolute atomic E-state index is 12.5. The molecule has 0 radical (unpaired) electrons. The number of aromatic nitrogens is 1. The van der Waals surface area contributed by atoms with E-state index >= 15 is 0 Å². The minimum atomic E-state index is -0.0734. The Labute approximate surface area is 191 Å². The van der Waals surface area contributed by atoms with Crippen LogP contribution >= 0.6 is 11.3 Å². The molecule has 5 nitrogen and oxygen atoms in total. The molecule has 0 spiro atoms. The Morgan fingerprint density at radius 1 is 0.938 bits per heavy atom. The molecule has 2 N–H and O–H groups in total. The lowest BCUT2D eigenvalue weighted by atomic mass is 10.1. The van der Waals surface area contributed by atoms with Gasteiger partial charge in [-0.25, -0.2) is 4.98 Å². The van der Waals surface area contributed by atoms with E-state index in [-0.39, 0.29) is 11.8 Å². The highest BCUT2D eigenvalue weighted by molar-refractivity contribution is 7.14. The van der Waals surface area contributed by atoms with Crippen molar-refractivity contribution in [1.29, 1.82) is 0 Å². The van der Waals surface area contributed by atoms with E-state index in [9.17, 15) is 9.59 Å². The van der Waals surface area contributed by atoms with Crippen molar-refractivity contribution >= 4 is 39.1 Å². The van der Waals surface area contributed by atoms with Crippen molar-refractivity contribution in [3.8, 4) is 11.3 Å². The maximum Gasteiger partial charge on any atom is 0.230 e. The van der Waals surface area contributed by atoms with E-state index in [0.29, 0.717) is 18.1 Å². The van der Waals surface area contributed by atoms with Crippen LogP contribution in [0, 0.1) is 0 Å². The van der Waals surface area contributed by atoms with Crippen molar-refractivity contribution in [2.75, 3.05) is 11.9 Å². The Morgan fingerprint density at radius 2 is 1.69 bits per heavy atom. The van der Waals surface area contributed by atoms with Gasteiger partial charge in [0.25, 0.3) is 0 Å². The third kappa shape index (κ3) is 5.80. The topological polar surface area (TPSA) is 71.1 Å². The molecule has 0 unspecified atom stereocenters. The molecule has 1 heterocycles. The number of thiazole rings is 1. The van der Waals surface area contributed by atoms with Gasteiger partial charge in [-0.15, -0.1) is 11.3 Å². The predicted octanol–water partition coefficient (Wildman–Crippen LogP) is 5.21. The number of hydrogen-bond donors (Lipinski definition) is 2. The van der Waals surface area contributed by atoms with Crippen LogP contribution < -0.4 is 10.6 Å². The molecule has 32 heavy (non-hydrogen) atoms. The Kier molecular flexibility index (Phi) is 6.92. The summed E-state index contributed by atoms with van der Waals surface area (Å²) in [5, 5.41) is 10.6. The van der Waals surface area contributed by atoms with Gasteiger partial charge >= 0.3 is 0 Å². The normalized spacial score (nSPS) is 10.8. The number of nitrogens with one attached hydrogen (secondary N) is 2. The van der Waals surface area contributed by atoms with Crippen molar-refractivity contribution in [2.45, 2.75) is 26.2 Å². The highest BCUT2D eigenvalue weighted by Crippen LogP contribution is 2.25. The van der Waals surface area contributed by atoms with Crippen molar-refractivity contribution in [2.24, 2.45) is 0 Å². The third-order valence-corrected chi connectivity index (χ3v) is 5.95. The van der Waals surface area contributed by atoms with Crippen molar-refractivity contribution in [1.82, 2.24) is 10.3 Å². The van der Waals surface area contributed by atoms with Gasteiger partial charge in [-0.05, 0) is 34.7 Å². The lowest BCUT2D eigenvalue weighted by Crippen LogP contribution is -2.21. The summed E-state index contributed by atoms with van der Waals surface area (Å²) in [6.07, 6.45) is 2.13. The van der Waals surface area contributed by atoms with Gasteiger partial charge in [-0.1, -0.05) is 66.7 Å². The summed E-state index contributed by atoms with van der Waals surface area (Å²) in [5.74, 6) is -0.0697. The number of aryl methyl sites for hydroxylation is 1. The van der Waals surface area contributed by atoms with Crippen LogP contribution in [-0.4, -0.2) is 23.3 Å². The number of carbonyl (C=O) groups is 2. The van der Waals surface area contributed by atoms with Gasteiger partial charge < -0.3 is 10.6 Å². The van der Waals surface area contributed by atoms with E-state index in [0.717, 1.165) is 35.0 Å². The number of fused-ring (bicyclic) bond motifs is 1. The first-order chi connectivity index (χ1) is 15.6. The molecule has 162 valence electrons. The number of hydrogen-bond acceptors (Lipinski definition) is 4. The molecule has 3 aromatic carbocycles. The van der Waals surface area contributed by atoms with E-state index < -0.39 is 0 Å². The lowest BCUT2D eigenvalue weighted by Gasteiger charge is -2.05. The monoisotopic (exact) mass is 443 g/mol. The number of rotatable bonds is 8. The van der Waals surface area contributed by atoms with E-state index in [1.54, 1.807) is 0 Å². The molecule has 0 aliphatic rings. The van der Waals surface area contributed by atoms with Crippen LogP contribution in [0.25, 0.3) is 22.0 Å². The van der Waals surface area contributed by atoms with Crippen LogP contribution in [0.3, 0.4) is 0 Å². The van der Waals surface area contributed by atoms with Gasteiger partial charge in [0.2, 0.25) is 11.8 Å². The summed E-state index contributed by atoms with van der Waals surface area (Å²) < 4.78 is 0. The number of nitrogens with zero attached hydrogens (tertiary/aromatic N) is 1. The Balaban J connectivity index is 1.32. The first kappa shape index (κ1) is 21.7.